The van der Waals surface area contributed by atoms with Crippen LogP contribution in [-0.4, -0.2) is 34.0 Å². The number of rotatable bonds is 4. The zero-order valence-corrected chi connectivity index (χ0v) is 14.3. The van der Waals surface area contributed by atoms with E-state index in [0.29, 0.717) is 17.7 Å². The first-order chi connectivity index (χ1) is 12.7. The molecule has 4 rings (SSSR count). The first-order valence-electron chi connectivity index (χ1n) is 8.42. The Kier molecular flexibility index (Phi) is 4.18. The van der Waals surface area contributed by atoms with Crippen molar-refractivity contribution in [1.82, 2.24) is 15.1 Å². The van der Waals surface area contributed by atoms with Crippen LogP contribution in [0.1, 0.15) is 27.5 Å². The van der Waals surface area contributed by atoms with Crippen molar-refractivity contribution in [2.45, 2.75) is 18.6 Å². The number of para-hydroxylation sites is 2. The van der Waals surface area contributed by atoms with Crippen LogP contribution in [0.5, 0.6) is 5.75 Å². The number of carbonyl (C=O) groups is 1. The zero-order chi connectivity index (χ0) is 18.1. The lowest BCUT2D eigenvalue weighted by molar-refractivity contribution is 0.0858. The summed E-state index contributed by atoms with van der Waals surface area (Å²) in [7, 11) is 1.59. The molecule has 3 aromatic rings. The molecule has 1 heterocycles. The molecule has 2 atom stereocenters. The van der Waals surface area contributed by atoms with Gasteiger partial charge in [-0.05, 0) is 23.3 Å². The Morgan fingerprint density at radius 1 is 1.23 bits per heavy atom. The fourth-order valence-corrected chi connectivity index (χ4v) is 3.36. The molecule has 0 fully saturated rings. The molecule has 6 heteroatoms. The lowest BCUT2D eigenvalue weighted by Crippen LogP contribution is -2.33. The number of nitrogens with zero attached hydrogens (tertiary/aromatic N) is 2. The first kappa shape index (κ1) is 16.4. The molecule has 1 aliphatic carbocycles. The van der Waals surface area contributed by atoms with Gasteiger partial charge in [0, 0.05) is 12.6 Å². The van der Waals surface area contributed by atoms with Crippen LogP contribution in [0, 0.1) is 0 Å². The summed E-state index contributed by atoms with van der Waals surface area (Å²) in [6.07, 6.45) is 3.08. The van der Waals surface area contributed by atoms with Crippen LogP contribution in [0.15, 0.2) is 60.9 Å². The van der Waals surface area contributed by atoms with Crippen molar-refractivity contribution >= 4 is 5.91 Å². The minimum atomic E-state index is -0.624. The first-order valence-corrected chi connectivity index (χ1v) is 8.42. The minimum Gasteiger partial charge on any atom is -0.494 e. The smallest absolute Gasteiger partial charge is 0.255 e. The highest BCUT2D eigenvalue weighted by atomic mass is 16.5. The van der Waals surface area contributed by atoms with Gasteiger partial charge in [-0.2, -0.15) is 5.10 Å². The van der Waals surface area contributed by atoms with E-state index in [4.69, 9.17) is 4.74 Å². The van der Waals surface area contributed by atoms with E-state index in [0.717, 1.165) is 16.8 Å². The normalized spacial score (nSPS) is 18.4. The highest BCUT2D eigenvalue weighted by Crippen LogP contribution is 2.31. The molecule has 2 aromatic carbocycles. The number of aliphatic hydroxyl groups excluding tert-OH is 1. The van der Waals surface area contributed by atoms with Crippen LogP contribution in [0.3, 0.4) is 0 Å². The van der Waals surface area contributed by atoms with E-state index in [1.54, 1.807) is 18.0 Å². The van der Waals surface area contributed by atoms with Gasteiger partial charge in [-0.3, -0.25) is 4.79 Å². The molecule has 6 nitrogen and oxygen atoms in total. The van der Waals surface area contributed by atoms with Crippen LogP contribution < -0.4 is 10.1 Å². The minimum absolute atomic E-state index is 0.271. The average molecular weight is 349 g/mol. The number of ether oxygens (including phenoxy) is 1. The predicted molar refractivity (Wildman–Crippen MR) is 96.5 cm³/mol. The van der Waals surface area contributed by atoms with Crippen molar-refractivity contribution in [3.05, 3.63) is 77.6 Å². The van der Waals surface area contributed by atoms with Crippen LogP contribution in [-0.2, 0) is 6.42 Å². The second kappa shape index (κ2) is 6.65. The number of hydrogen-bond donors (Lipinski definition) is 2. The number of methoxy groups -OCH3 is 1. The van der Waals surface area contributed by atoms with Gasteiger partial charge >= 0.3 is 0 Å². The topological polar surface area (TPSA) is 76.4 Å². The maximum atomic E-state index is 12.6. The lowest BCUT2D eigenvalue weighted by Gasteiger charge is -2.17. The summed E-state index contributed by atoms with van der Waals surface area (Å²) in [6.45, 7) is 0. The number of amides is 1. The number of benzene rings is 2. The monoisotopic (exact) mass is 349 g/mol. The Balaban J connectivity index is 1.56. The molecule has 1 aromatic heterocycles. The molecule has 1 amide bonds. The summed E-state index contributed by atoms with van der Waals surface area (Å²) in [5.74, 6) is 0.398. The summed E-state index contributed by atoms with van der Waals surface area (Å²) in [5, 5.41) is 17.5. The molecule has 2 unspecified atom stereocenters. The molecule has 0 aliphatic heterocycles. The van der Waals surface area contributed by atoms with Crippen molar-refractivity contribution in [3.8, 4) is 11.4 Å². The maximum absolute atomic E-state index is 12.6. The molecule has 0 radical (unpaired) electrons. The quantitative estimate of drug-likeness (QED) is 0.758. The molecule has 0 bridgehead atoms. The second-order valence-electron chi connectivity index (χ2n) is 6.27. The Bertz CT molecular complexity index is 951. The molecular formula is C20H19N3O3. The number of aromatic nitrogens is 2. The highest BCUT2D eigenvalue weighted by Gasteiger charge is 2.32. The van der Waals surface area contributed by atoms with E-state index in [1.165, 1.54) is 6.20 Å². The van der Waals surface area contributed by atoms with Gasteiger partial charge in [0.1, 0.15) is 11.4 Å². The molecular weight excluding hydrogens is 330 g/mol. The van der Waals surface area contributed by atoms with E-state index >= 15 is 0 Å². The number of hydrogen-bond acceptors (Lipinski definition) is 4. The van der Waals surface area contributed by atoms with Gasteiger partial charge in [-0.1, -0.05) is 36.4 Å². The van der Waals surface area contributed by atoms with Gasteiger partial charge in [0.05, 0.1) is 31.0 Å². The van der Waals surface area contributed by atoms with E-state index in [1.807, 2.05) is 48.5 Å². The largest absolute Gasteiger partial charge is 0.494 e. The zero-order valence-electron chi connectivity index (χ0n) is 14.3. The summed E-state index contributed by atoms with van der Waals surface area (Å²) in [6, 6.07) is 14.8. The van der Waals surface area contributed by atoms with E-state index in [9.17, 15) is 9.90 Å². The van der Waals surface area contributed by atoms with Crippen molar-refractivity contribution in [2.24, 2.45) is 0 Å². The van der Waals surface area contributed by atoms with Crippen LogP contribution in [0.2, 0.25) is 0 Å². The lowest BCUT2D eigenvalue weighted by atomic mass is 10.1. The molecule has 0 spiro atoms. The fourth-order valence-electron chi connectivity index (χ4n) is 3.36. The van der Waals surface area contributed by atoms with Crippen LogP contribution >= 0.6 is 0 Å². The Morgan fingerprint density at radius 2 is 2.00 bits per heavy atom. The summed E-state index contributed by atoms with van der Waals surface area (Å²) in [4.78, 5) is 12.6. The van der Waals surface area contributed by atoms with Gasteiger partial charge in [0.15, 0.2) is 0 Å². The van der Waals surface area contributed by atoms with Crippen molar-refractivity contribution < 1.29 is 14.6 Å². The van der Waals surface area contributed by atoms with Gasteiger partial charge in [0.2, 0.25) is 0 Å². The van der Waals surface area contributed by atoms with Crippen LogP contribution in [0.25, 0.3) is 5.69 Å². The van der Waals surface area contributed by atoms with E-state index in [-0.39, 0.29) is 5.91 Å². The Morgan fingerprint density at radius 3 is 2.85 bits per heavy atom. The number of aliphatic hydroxyl groups is 1. The molecule has 2 N–H and O–H groups in total. The van der Waals surface area contributed by atoms with Gasteiger partial charge in [-0.15, -0.1) is 0 Å². The van der Waals surface area contributed by atoms with E-state index < -0.39 is 12.1 Å². The SMILES string of the molecule is COc1ccccc1-n1cc(C(=O)NC2c3ccccc3CC2O)cn1. The van der Waals surface area contributed by atoms with E-state index in [2.05, 4.69) is 10.4 Å². The van der Waals surface area contributed by atoms with Gasteiger partial charge in [0.25, 0.3) is 5.91 Å². The maximum Gasteiger partial charge on any atom is 0.255 e. The van der Waals surface area contributed by atoms with Gasteiger partial charge < -0.3 is 15.2 Å². The number of carbonyl (C=O) groups excluding carboxylic acids is 1. The molecule has 1 aliphatic rings. The number of fused-ring (bicyclic) bond motifs is 1. The molecule has 132 valence electrons. The second-order valence-corrected chi connectivity index (χ2v) is 6.27. The number of nitrogens with one attached hydrogen (secondary N) is 1. The molecule has 0 saturated carbocycles. The van der Waals surface area contributed by atoms with Crippen molar-refractivity contribution in [2.75, 3.05) is 7.11 Å². The fraction of sp³-hybridized carbons (Fsp3) is 0.200. The summed E-state index contributed by atoms with van der Waals surface area (Å²) >= 11 is 0. The molecule has 26 heavy (non-hydrogen) atoms. The average Bonchev–Trinajstić information content (AvgIpc) is 3.27. The summed E-state index contributed by atoms with van der Waals surface area (Å²) < 4.78 is 6.94. The third-order valence-electron chi connectivity index (χ3n) is 4.67. The predicted octanol–water partition coefficient (Wildman–Crippen LogP) is 2.27. The Hall–Kier alpha value is -3.12. The third-order valence-corrected chi connectivity index (χ3v) is 4.67. The Labute approximate surface area is 151 Å². The summed E-state index contributed by atoms with van der Waals surface area (Å²) in [5.41, 5.74) is 3.20. The van der Waals surface area contributed by atoms with Crippen molar-refractivity contribution in [1.29, 1.82) is 0 Å². The molecule has 0 saturated heterocycles. The van der Waals surface area contributed by atoms with Gasteiger partial charge in [-0.25, -0.2) is 4.68 Å². The third kappa shape index (κ3) is 2.84. The highest BCUT2D eigenvalue weighted by molar-refractivity contribution is 5.94. The van der Waals surface area contributed by atoms with Crippen molar-refractivity contribution in [3.63, 3.8) is 0 Å². The van der Waals surface area contributed by atoms with Crippen LogP contribution in [0.4, 0.5) is 0 Å². The standard InChI is InChI=1S/C20H19N3O3/c1-26-18-9-5-4-8-16(18)23-12-14(11-21-23)20(25)22-19-15-7-3-2-6-13(15)10-17(19)24/h2-9,11-12,17,19,24H,10H2,1H3,(H,22,25).